The number of rotatable bonds is 10. The molecule has 0 spiro atoms. The molecule has 0 amide bonds. The van der Waals surface area contributed by atoms with Crippen molar-refractivity contribution >= 4 is 17.5 Å². The molecule has 0 aliphatic heterocycles. The number of carbonyl (C=O) groups is 1. The van der Waals surface area contributed by atoms with Crippen molar-refractivity contribution in [1.29, 1.82) is 0 Å². The van der Waals surface area contributed by atoms with E-state index in [0.717, 1.165) is 19.3 Å². The summed E-state index contributed by atoms with van der Waals surface area (Å²) in [6.45, 7) is 3.22. The lowest BCUT2D eigenvalue weighted by molar-refractivity contribution is 0.102. The molecule has 0 fully saturated rings. The molecule has 2 rings (SSSR count). The van der Waals surface area contributed by atoms with E-state index in [1.165, 1.54) is 17.3 Å². The summed E-state index contributed by atoms with van der Waals surface area (Å²) in [5.41, 5.74) is 1.66. The highest BCUT2D eigenvalue weighted by Crippen LogP contribution is 2.16. The Morgan fingerprint density at radius 3 is 2.75 bits per heavy atom. The monoisotopic (exact) mass is 349 g/mol. The standard InChI is InChI=1S/C17H23N3O3S/c1-3-5-13-6-8-14(9-7-13)15(21)12-24-17-19-18-16(22)20(17)10-4-11-23-2/h6-9H,3-5,10-12H2,1-2H3,(H,18,22). The first-order chi connectivity index (χ1) is 11.7. The van der Waals surface area contributed by atoms with Gasteiger partial charge in [-0.1, -0.05) is 49.4 Å². The Morgan fingerprint density at radius 1 is 1.33 bits per heavy atom. The number of nitrogens with one attached hydrogen (secondary N) is 1. The fraction of sp³-hybridized carbons (Fsp3) is 0.471. The van der Waals surface area contributed by atoms with Crippen molar-refractivity contribution in [1.82, 2.24) is 14.8 Å². The summed E-state index contributed by atoms with van der Waals surface area (Å²) in [4.78, 5) is 24.1. The Labute approximate surface area is 145 Å². The molecule has 24 heavy (non-hydrogen) atoms. The Hall–Kier alpha value is -1.86. The van der Waals surface area contributed by atoms with Gasteiger partial charge in [0.1, 0.15) is 0 Å². The van der Waals surface area contributed by atoms with Gasteiger partial charge in [-0.05, 0) is 18.4 Å². The number of ether oxygens (including phenoxy) is 1. The molecule has 0 unspecified atom stereocenters. The second-order valence-corrected chi connectivity index (χ2v) is 6.41. The molecule has 1 heterocycles. The third-order valence-electron chi connectivity index (χ3n) is 3.60. The molecular formula is C17H23N3O3S. The number of nitrogens with zero attached hydrogens (tertiary/aromatic N) is 2. The molecule has 0 aliphatic rings. The van der Waals surface area contributed by atoms with E-state index in [0.29, 0.717) is 23.9 Å². The first kappa shape index (κ1) is 18.5. The van der Waals surface area contributed by atoms with E-state index in [2.05, 4.69) is 17.1 Å². The highest BCUT2D eigenvalue weighted by Gasteiger charge is 2.12. The van der Waals surface area contributed by atoms with Gasteiger partial charge < -0.3 is 4.74 Å². The average molecular weight is 349 g/mol. The van der Waals surface area contributed by atoms with Crippen LogP contribution in [-0.4, -0.2) is 40.0 Å². The van der Waals surface area contributed by atoms with Crippen molar-refractivity contribution in [2.75, 3.05) is 19.5 Å². The van der Waals surface area contributed by atoms with E-state index >= 15 is 0 Å². The average Bonchev–Trinajstić information content (AvgIpc) is 2.94. The topological polar surface area (TPSA) is 77.0 Å². The van der Waals surface area contributed by atoms with Gasteiger partial charge in [-0.2, -0.15) is 0 Å². The van der Waals surface area contributed by atoms with Crippen LogP contribution in [0.25, 0.3) is 0 Å². The fourth-order valence-electron chi connectivity index (χ4n) is 2.34. The molecule has 1 aromatic carbocycles. The maximum absolute atomic E-state index is 12.3. The van der Waals surface area contributed by atoms with E-state index in [1.807, 2.05) is 24.3 Å². The minimum absolute atomic E-state index is 0.0296. The first-order valence-electron chi connectivity index (χ1n) is 8.04. The van der Waals surface area contributed by atoms with Crippen LogP contribution < -0.4 is 5.69 Å². The predicted octanol–water partition coefficient (Wildman–Crippen LogP) is 2.54. The third kappa shape index (κ3) is 5.07. The van der Waals surface area contributed by atoms with Crippen molar-refractivity contribution in [3.63, 3.8) is 0 Å². The van der Waals surface area contributed by atoms with Gasteiger partial charge in [0.2, 0.25) is 0 Å². The molecular weight excluding hydrogens is 326 g/mol. The lowest BCUT2D eigenvalue weighted by Crippen LogP contribution is -2.18. The van der Waals surface area contributed by atoms with E-state index in [4.69, 9.17) is 4.74 Å². The molecule has 0 saturated carbocycles. The first-order valence-corrected chi connectivity index (χ1v) is 9.03. The summed E-state index contributed by atoms with van der Waals surface area (Å²) in [6, 6.07) is 7.72. The van der Waals surface area contributed by atoms with Crippen LogP contribution in [-0.2, 0) is 17.7 Å². The van der Waals surface area contributed by atoms with Gasteiger partial charge in [0.15, 0.2) is 10.9 Å². The highest BCUT2D eigenvalue weighted by molar-refractivity contribution is 7.99. The quantitative estimate of drug-likeness (QED) is 0.405. The van der Waals surface area contributed by atoms with Crippen LogP contribution in [0.5, 0.6) is 0 Å². The molecule has 0 saturated heterocycles. The van der Waals surface area contributed by atoms with Crippen LogP contribution in [0.3, 0.4) is 0 Å². The number of aromatic nitrogens is 3. The number of Topliss-reactive ketones (excluding diaryl/α,β-unsaturated/α-hetero) is 1. The number of carbonyl (C=O) groups excluding carboxylic acids is 1. The van der Waals surface area contributed by atoms with Crippen molar-refractivity contribution in [3.05, 3.63) is 45.9 Å². The normalized spacial score (nSPS) is 10.9. The van der Waals surface area contributed by atoms with Gasteiger partial charge >= 0.3 is 5.69 Å². The second kappa shape index (κ2) is 9.44. The molecule has 0 radical (unpaired) electrons. The van der Waals surface area contributed by atoms with Crippen LogP contribution >= 0.6 is 11.8 Å². The van der Waals surface area contributed by atoms with Gasteiger partial charge in [0.25, 0.3) is 0 Å². The van der Waals surface area contributed by atoms with Crippen LogP contribution in [0.4, 0.5) is 0 Å². The van der Waals surface area contributed by atoms with Gasteiger partial charge in [0.05, 0.1) is 5.75 Å². The number of thioether (sulfide) groups is 1. The minimum Gasteiger partial charge on any atom is -0.385 e. The van der Waals surface area contributed by atoms with E-state index in [-0.39, 0.29) is 17.2 Å². The molecule has 1 aromatic heterocycles. The maximum atomic E-state index is 12.3. The number of hydrogen-bond acceptors (Lipinski definition) is 5. The van der Waals surface area contributed by atoms with E-state index < -0.39 is 0 Å². The van der Waals surface area contributed by atoms with Crippen LogP contribution in [0.2, 0.25) is 0 Å². The van der Waals surface area contributed by atoms with Crippen LogP contribution in [0, 0.1) is 0 Å². The Morgan fingerprint density at radius 2 is 2.08 bits per heavy atom. The summed E-state index contributed by atoms with van der Waals surface area (Å²) >= 11 is 1.27. The summed E-state index contributed by atoms with van der Waals surface area (Å²) in [5, 5.41) is 6.96. The van der Waals surface area contributed by atoms with Gasteiger partial charge in [-0.25, -0.2) is 9.89 Å². The van der Waals surface area contributed by atoms with Gasteiger partial charge in [0, 0.05) is 25.8 Å². The number of aromatic amines is 1. The lowest BCUT2D eigenvalue weighted by atomic mass is 10.1. The lowest BCUT2D eigenvalue weighted by Gasteiger charge is -2.05. The third-order valence-corrected chi connectivity index (χ3v) is 4.58. The molecule has 6 nitrogen and oxygen atoms in total. The molecule has 2 aromatic rings. The number of methoxy groups -OCH3 is 1. The smallest absolute Gasteiger partial charge is 0.343 e. The summed E-state index contributed by atoms with van der Waals surface area (Å²) in [7, 11) is 1.62. The molecule has 0 bridgehead atoms. The van der Waals surface area contributed by atoms with Crippen molar-refractivity contribution in [2.24, 2.45) is 0 Å². The number of benzene rings is 1. The van der Waals surface area contributed by atoms with Crippen LogP contribution in [0.15, 0.2) is 34.2 Å². The maximum Gasteiger partial charge on any atom is 0.343 e. The largest absolute Gasteiger partial charge is 0.385 e. The van der Waals surface area contributed by atoms with Crippen molar-refractivity contribution < 1.29 is 9.53 Å². The van der Waals surface area contributed by atoms with Crippen molar-refractivity contribution in [2.45, 2.75) is 37.9 Å². The fourth-order valence-corrected chi connectivity index (χ4v) is 3.20. The Balaban J connectivity index is 1.95. The molecule has 130 valence electrons. The second-order valence-electron chi connectivity index (χ2n) is 5.47. The number of ketones is 1. The zero-order valence-corrected chi connectivity index (χ0v) is 14.9. The van der Waals surface area contributed by atoms with Crippen LogP contribution in [0.1, 0.15) is 35.7 Å². The summed E-state index contributed by atoms with van der Waals surface area (Å²) in [5.74, 6) is 0.281. The number of H-pyrrole nitrogens is 1. The summed E-state index contributed by atoms with van der Waals surface area (Å²) < 4.78 is 6.54. The predicted molar refractivity (Wildman–Crippen MR) is 94.8 cm³/mol. The zero-order valence-electron chi connectivity index (χ0n) is 14.1. The summed E-state index contributed by atoms with van der Waals surface area (Å²) in [6.07, 6.45) is 2.82. The molecule has 1 N–H and O–H groups in total. The SMILES string of the molecule is CCCc1ccc(C(=O)CSc2n[nH]c(=O)n2CCCOC)cc1. The van der Waals surface area contributed by atoms with E-state index in [1.54, 1.807) is 11.7 Å². The Kier molecular flexibility index (Phi) is 7.27. The molecule has 0 atom stereocenters. The van der Waals surface area contributed by atoms with E-state index in [9.17, 15) is 9.59 Å². The highest BCUT2D eigenvalue weighted by atomic mass is 32.2. The minimum atomic E-state index is -0.259. The number of aryl methyl sites for hydroxylation is 1. The van der Waals surface area contributed by atoms with Gasteiger partial charge in [-0.3, -0.25) is 9.36 Å². The number of hydrogen-bond donors (Lipinski definition) is 1. The van der Waals surface area contributed by atoms with Crippen molar-refractivity contribution in [3.8, 4) is 0 Å². The van der Waals surface area contributed by atoms with Gasteiger partial charge in [-0.15, -0.1) is 5.10 Å². The molecule has 0 aliphatic carbocycles. The molecule has 7 heteroatoms. The zero-order chi connectivity index (χ0) is 17.4. The Bertz CT molecular complexity index is 707.